The molecule has 7 nitrogen and oxygen atoms in total. The van der Waals surface area contributed by atoms with Gasteiger partial charge in [0.05, 0.1) is 25.0 Å². The van der Waals surface area contributed by atoms with Crippen molar-refractivity contribution in [1.82, 2.24) is 19.9 Å². The van der Waals surface area contributed by atoms with Crippen molar-refractivity contribution < 1.29 is 9.53 Å². The van der Waals surface area contributed by atoms with Gasteiger partial charge in [0.1, 0.15) is 5.60 Å². The SMILES string of the molecule is CC(C)(C)OC(=O)N1CC(N)C[C@@H]1Cn1nccn1. The van der Waals surface area contributed by atoms with Gasteiger partial charge in [-0.05, 0) is 27.2 Å². The Hall–Kier alpha value is -1.63. The van der Waals surface area contributed by atoms with Crippen molar-refractivity contribution in [2.24, 2.45) is 5.73 Å². The van der Waals surface area contributed by atoms with E-state index in [0.717, 1.165) is 6.42 Å². The molecule has 1 unspecified atom stereocenters. The van der Waals surface area contributed by atoms with Crippen LogP contribution in [0.25, 0.3) is 0 Å². The smallest absolute Gasteiger partial charge is 0.410 e. The molecule has 19 heavy (non-hydrogen) atoms. The molecule has 1 aromatic heterocycles. The number of aromatic nitrogens is 3. The fourth-order valence-electron chi connectivity index (χ4n) is 2.20. The van der Waals surface area contributed by atoms with Gasteiger partial charge in [0.25, 0.3) is 0 Å². The van der Waals surface area contributed by atoms with E-state index in [1.165, 1.54) is 0 Å². The minimum absolute atomic E-state index is 0.0164. The lowest BCUT2D eigenvalue weighted by Crippen LogP contribution is -2.42. The molecule has 0 bridgehead atoms. The van der Waals surface area contributed by atoms with Crippen molar-refractivity contribution in [3.63, 3.8) is 0 Å². The Kier molecular flexibility index (Phi) is 3.75. The lowest BCUT2D eigenvalue weighted by atomic mass is 10.2. The first-order valence-electron chi connectivity index (χ1n) is 6.44. The van der Waals surface area contributed by atoms with Gasteiger partial charge in [0.15, 0.2) is 0 Å². The Labute approximate surface area is 112 Å². The van der Waals surface area contributed by atoms with E-state index in [-0.39, 0.29) is 18.2 Å². The van der Waals surface area contributed by atoms with E-state index >= 15 is 0 Å². The van der Waals surface area contributed by atoms with Crippen molar-refractivity contribution in [3.05, 3.63) is 12.4 Å². The molecule has 1 amide bonds. The van der Waals surface area contributed by atoms with Crippen LogP contribution in [0.3, 0.4) is 0 Å². The number of carbonyl (C=O) groups excluding carboxylic acids is 1. The fourth-order valence-corrected chi connectivity index (χ4v) is 2.20. The minimum Gasteiger partial charge on any atom is -0.444 e. The minimum atomic E-state index is -0.502. The molecule has 0 aromatic carbocycles. The maximum atomic E-state index is 12.1. The average Bonchev–Trinajstić information content (AvgIpc) is 2.86. The summed E-state index contributed by atoms with van der Waals surface area (Å²) in [7, 11) is 0. The third-order valence-electron chi connectivity index (χ3n) is 2.92. The lowest BCUT2D eigenvalue weighted by molar-refractivity contribution is 0.0207. The average molecular weight is 267 g/mol. The number of carbonyl (C=O) groups is 1. The molecule has 2 rings (SSSR count). The molecule has 1 aliphatic heterocycles. The molecule has 2 atom stereocenters. The van der Waals surface area contributed by atoms with E-state index < -0.39 is 5.60 Å². The maximum Gasteiger partial charge on any atom is 0.410 e. The maximum absolute atomic E-state index is 12.1. The number of rotatable bonds is 2. The van der Waals surface area contributed by atoms with Crippen LogP contribution in [-0.2, 0) is 11.3 Å². The van der Waals surface area contributed by atoms with E-state index in [9.17, 15) is 4.79 Å². The summed E-state index contributed by atoms with van der Waals surface area (Å²) in [6.07, 6.45) is 3.65. The first kappa shape index (κ1) is 13.8. The molecule has 1 fully saturated rings. The van der Waals surface area contributed by atoms with Crippen LogP contribution in [0, 0.1) is 0 Å². The molecule has 0 radical (unpaired) electrons. The van der Waals surface area contributed by atoms with E-state index in [2.05, 4.69) is 10.2 Å². The first-order chi connectivity index (χ1) is 8.85. The molecule has 106 valence electrons. The Morgan fingerprint density at radius 1 is 1.42 bits per heavy atom. The topological polar surface area (TPSA) is 86.3 Å². The zero-order chi connectivity index (χ0) is 14.0. The molecule has 1 saturated heterocycles. The van der Waals surface area contributed by atoms with Crippen LogP contribution in [-0.4, -0.2) is 50.2 Å². The number of hydrogen-bond acceptors (Lipinski definition) is 5. The van der Waals surface area contributed by atoms with E-state index in [1.54, 1.807) is 22.1 Å². The van der Waals surface area contributed by atoms with Crippen molar-refractivity contribution in [2.45, 2.75) is 51.4 Å². The number of nitrogens with zero attached hydrogens (tertiary/aromatic N) is 4. The molecule has 0 spiro atoms. The fraction of sp³-hybridized carbons (Fsp3) is 0.750. The quantitative estimate of drug-likeness (QED) is 0.848. The third-order valence-corrected chi connectivity index (χ3v) is 2.92. The third kappa shape index (κ3) is 3.66. The standard InChI is InChI=1S/C12H21N5O2/c1-12(2,3)19-11(18)16-7-9(13)6-10(16)8-17-14-4-5-15-17/h4-5,9-10H,6-8,13H2,1-3H3/t9?,10-/m1/s1. The number of ether oxygens (including phenoxy) is 1. The molecule has 1 aromatic rings. The Morgan fingerprint density at radius 2 is 2.05 bits per heavy atom. The van der Waals surface area contributed by atoms with E-state index in [4.69, 9.17) is 10.5 Å². The highest BCUT2D eigenvalue weighted by molar-refractivity contribution is 5.69. The van der Waals surface area contributed by atoms with Crippen molar-refractivity contribution in [2.75, 3.05) is 6.54 Å². The van der Waals surface area contributed by atoms with Crippen LogP contribution in [0.15, 0.2) is 12.4 Å². The summed E-state index contributed by atoms with van der Waals surface area (Å²) in [5.41, 5.74) is 5.44. The number of nitrogens with two attached hydrogens (primary N) is 1. The first-order valence-corrected chi connectivity index (χ1v) is 6.44. The van der Waals surface area contributed by atoms with Crippen LogP contribution in [0.5, 0.6) is 0 Å². The van der Waals surface area contributed by atoms with Gasteiger partial charge < -0.3 is 15.4 Å². The van der Waals surface area contributed by atoms with E-state index in [0.29, 0.717) is 13.1 Å². The van der Waals surface area contributed by atoms with Gasteiger partial charge in [-0.1, -0.05) is 0 Å². The summed E-state index contributed by atoms with van der Waals surface area (Å²) in [5, 5.41) is 8.12. The molecule has 0 saturated carbocycles. The second-order valence-corrected chi connectivity index (χ2v) is 5.87. The van der Waals surface area contributed by atoms with Gasteiger partial charge in [0.2, 0.25) is 0 Å². The molecular formula is C12H21N5O2. The summed E-state index contributed by atoms with van der Waals surface area (Å²) < 4.78 is 5.40. The Bertz CT molecular complexity index is 426. The number of hydrogen-bond donors (Lipinski definition) is 1. The zero-order valence-electron chi connectivity index (χ0n) is 11.6. The lowest BCUT2D eigenvalue weighted by Gasteiger charge is -2.28. The van der Waals surface area contributed by atoms with Gasteiger partial charge >= 0.3 is 6.09 Å². The van der Waals surface area contributed by atoms with Crippen LogP contribution < -0.4 is 5.73 Å². The molecular weight excluding hydrogens is 246 g/mol. The largest absolute Gasteiger partial charge is 0.444 e. The predicted molar refractivity (Wildman–Crippen MR) is 69.3 cm³/mol. The highest BCUT2D eigenvalue weighted by atomic mass is 16.6. The van der Waals surface area contributed by atoms with Crippen LogP contribution in [0.4, 0.5) is 4.79 Å². The summed E-state index contributed by atoms with van der Waals surface area (Å²) in [5.74, 6) is 0. The van der Waals surface area contributed by atoms with Crippen LogP contribution in [0.1, 0.15) is 27.2 Å². The van der Waals surface area contributed by atoms with Gasteiger partial charge in [-0.25, -0.2) is 4.79 Å². The highest BCUT2D eigenvalue weighted by Gasteiger charge is 2.36. The molecule has 0 aliphatic carbocycles. The van der Waals surface area contributed by atoms with E-state index in [1.807, 2.05) is 20.8 Å². The van der Waals surface area contributed by atoms with Gasteiger partial charge in [-0.3, -0.25) is 0 Å². The molecule has 2 heterocycles. The van der Waals surface area contributed by atoms with Gasteiger partial charge in [-0.2, -0.15) is 15.0 Å². The van der Waals surface area contributed by atoms with Crippen molar-refractivity contribution >= 4 is 6.09 Å². The molecule has 1 aliphatic rings. The molecule has 2 N–H and O–H groups in total. The van der Waals surface area contributed by atoms with Crippen LogP contribution >= 0.6 is 0 Å². The van der Waals surface area contributed by atoms with Gasteiger partial charge in [-0.15, -0.1) is 0 Å². The molecule has 7 heteroatoms. The zero-order valence-corrected chi connectivity index (χ0v) is 11.6. The summed E-state index contributed by atoms with van der Waals surface area (Å²) in [6.45, 7) is 6.61. The number of likely N-dealkylation sites (tertiary alicyclic amines) is 1. The highest BCUT2D eigenvalue weighted by Crippen LogP contribution is 2.21. The monoisotopic (exact) mass is 267 g/mol. The summed E-state index contributed by atoms with van der Waals surface area (Å²) in [6, 6.07) is -0.0367. The second-order valence-electron chi connectivity index (χ2n) is 5.87. The summed E-state index contributed by atoms with van der Waals surface area (Å²) in [4.78, 5) is 15.4. The van der Waals surface area contributed by atoms with Crippen molar-refractivity contribution in [1.29, 1.82) is 0 Å². The summed E-state index contributed by atoms with van der Waals surface area (Å²) >= 11 is 0. The number of amides is 1. The van der Waals surface area contributed by atoms with Crippen molar-refractivity contribution in [3.8, 4) is 0 Å². The van der Waals surface area contributed by atoms with Crippen LogP contribution in [0.2, 0.25) is 0 Å². The Balaban J connectivity index is 2.03. The second kappa shape index (κ2) is 5.16. The Morgan fingerprint density at radius 3 is 2.63 bits per heavy atom. The van der Waals surface area contributed by atoms with Gasteiger partial charge in [0, 0.05) is 12.6 Å². The normalized spacial score (nSPS) is 23.7. The predicted octanol–water partition coefficient (Wildman–Crippen LogP) is 0.615.